The number of hydrogen-bond acceptors (Lipinski definition) is 2. The fourth-order valence-corrected chi connectivity index (χ4v) is 6.28. The van der Waals surface area contributed by atoms with Crippen LogP contribution in [0.1, 0.15) is 56.2 Å². The molecule has 3 aliphatic carbocycles. The standard InChI is InChI=1S/C26H26FN3O2/c1-13(2)25-24(19-10-20(26(31)32)15-7-14(19)8-15)21-11-22-16(12-28-29-22)9-23(21)30(25)18-5-3-17(27)4-6-18/h3-6,9,11-15,19-20H,7-8,10H2,1-2H3,(H,28,29)(H,31,32)/t14?,15?,19-,20?/m1/s1. The van der Waals surface area contributed by atoms with E-state index in [0.717, 1.165) is 40.3 Å². The molecule has 3 saturated carbocycles. The van der Waals surface area contributed by atoms with E-state index in [9.17, 15) is 14.3 Å². The number of aliphatic carboxylic acids is 1. The summed E-state index contributed by atoms with van der Waals surface area (Å²) >= 11 is 0. The Labute approximate surface area is 185 Å². The SMILES string of the molecule is CC(C)c1c([C@@H]2CC(C(=O)O)C3CC2C3)c2cc3[nH]ncc3cc2n1-c1ccc(F)cc1. The van der Waals surface area contributed by atoms with Crippen LogP contribution < -0.4 is 0 Å². The molecule has 4 aromatic rings. The number of benzene rings is 2. The number of halogens is 1. The van der Waals surface area contributed by atoms with E-state index in [4.69, 9.17) is 0 Å². The van der Waals surface area contributed by atoms with Gasteiger partial charge in [0, 0.05) is 22.2 Å². The highest BCUT2D eigenvalue weighted by molar-refractivity contribution is 5.99. The Hall–Kier alpha value is -3.15. The second-order valence-corrected chi connectivity index (χ2v) is 9.87. The summed E-state index contributed by atoms with van der Waals surface area (Å²) in [5.74, 6) is 0.0837. The van der Waals surface area contributed by atoms with Crippen LogP contribution in [0, 0.1) is 23.6 Å². The summed E-state index contributed by atoms with van der Waals surface area (Å²) in [6, 6.07) is 11.0. The van der Waals surface area contributed by atoms with Gasteiger partial charge in [-0.1, -0.05) is 13.8 Å². The van der Waals surface area contributed by atoms with Gasteiger partial charge in [-0.25, -0.2) is 4.39 Å². The number of H-pyrrole nitrogens is 1. The van der Waals surface area contributed by atoms with Crippen molar-refractivity contribution in [2.24, 2.45) is 17.8 Å². The van der Waals surface area contributed by atoms with Gasteiger partial charge < -0.3 is 9.67 Å². The zero-order valence-electron chi connectivity index (χ0n) is 18.2. The van der Waals surface area contributed by atoms with Crippen molar-refractivity contribution in [1.29, 1.82) is 0 Å². The Morgan fingerprint density at radius 3 is 2.59 bits per heavy atom. The number of nitrogens with one attached hydrogen (secondary N) is 1. The van der Waals surface area contributed by atoms with Crippen molar-refractivity contribution in [2.75, 3.05) is 0 Å². The summed E-state index contributed by atoms with van der Waals surface area (Å²) < 4.78 is 16.0. The van der Waals surface area contributed by atoms with Crippen molar-refractivity contribution in [3.63, 3.8) is 0 Å². The van der Waals surface area contributed by atoms with E-state index in [-0.39, 0.29) is 23.6 Å². The molecule has 1 unspecified atom stereocenters. The van der Waals surface area contributed by atoms with Gasteiger partial charge in [-0.2, -0.15) is 5.10 Å². The van der Waals surface area contributed by atoms with Crippen molar-refractivity contribution in [3.8, 4) is 5.69 Å². The molecule has 0 saturated heterocycles. The molecule has 32 heavy (non-hydrogen) atoms. The van der Waals surface area contributed by atoms with Crippen LogP contribution in [0.25, 0.3) is 27.5 Å². The van der Waals surface area contributed by atoms with Crippen molar-refractivity contribution < 1.29 is 14.3 Å². The van der Waals surface area contributed by atoms with Crippen molar-refractivity contribution in [2.45, 2.75) is 44.9 Å². The Kier molecular flexibility index (Phi) is 4.23. The molecular weight excluding hydrogens is 405 g/mol. The van der Waals surface area contributed by atoms with Gasteiger partial charge in [0.1, 0.15) is 5.82 Å². The second kappa shape index (κ2) is 6.92. The number of aromatic nitrogens is 3. The zero-order chi connectivity index (χ0) is 22.1. The molecule has 2 N–H and O–H groups in total. The molecule has 2 aromatic heterocycles. The van der Waals surface area contributed by atoms with Gasteiger partial charge in [0.05, 0.1) is 23.1 Å². The lowest BCUT2D eigenvalue weighted by Gasteiger charge is -2.50. The van der Waals surface area contributed by atoms with Crippen molar-refractivity contribution in [1.82, 2.24) is 14.8 Å². The summed E-state index contributed by atoms with van der Waals surface area (Å²) in [5, 5.41) is 19.3. The lowest BCUT2D eigenvalue weighted by atomic mass is 9.53. The minimum absolute atomic E-state index is 0.211. The number of hydrogen-bond donors (Lipinski definition) is 2. The monoisotopic (exact) mass is 431 g/mol. The number of carboxylic acid groups (broad SMARTS) is 1. The first-order valence-electron chi connectivity index (χ1n) is 11.4. The summed E-state index contributed by atoms with van der Waals surface area (Å²) in [6.45, 7) is 4.37. The Bertz CT molecular complexity index is 1350. The fraction of sp³-hybridized carbons (Fsp3) is 0.385. The second-order valence-electron chi connectivity index (χ2n) is 9.87. The van der Waals surface area contributed by atoms with Gasteiger partial charge in [-0.05, 0) is 84.9 Å². The third-order valence-electron chi connectivity index (χ3n) is 7.78. The van der Waals surface area contributed by atoms with Crippen LogP contribution in [-0.4, -0.2) is 25.8 Å². The number of fused-ring (bicyclic) bond motifs is 4. The molecule has 0 radical (unpaired) electrons. The van der Waals surface area contributed by atoms with Crippen LogP contribution in [0.3, 0.4) is 0 Å². The third kappa shape index (κ3) is 2.74. The lowest BCUT2D eigenvalue weighted by Crippen LogP contribution is -2.44. The molecule has 7 rings (SSSR count). The van der Waals surface area contributed by atoms with Crippen molar-refractivity contribution in [3.05, 3.63) is 59.7 Å². The first-order chi connectivity index (χ1) is 15.4. The predicted octanol–water partition coefficient (Wildman–Crippen LogP) is 5.98. The number of nitrogens with zero attached hydrogens (tertiary/aromatic N) is 2. The van der Waals surface area contributed by atoms with E-state index in [2.05, 4.69) is 40.7 Å². The van der Waals surface area contributed by atoms with E-state index < -0.39 is 5.97 Å². The minimum Gasteiger partial charge on any atom is -0.481 e. The molecule has 2 aromatic carbocycles. The normalized spacial score (nSPS) is 24.9. The molecule has 0 aliphatic heterocycles. The van der Waals surface area contributed by atoms with E-state index in [0.29, 0.717) is 18.3 Å². The summed E-state index contributed by atoms with van der Waals surface area (Å²) in [5.41, 5.74) is 5.43. The molecule has 2 heterocycles. The van der Waals surface area contributed by atoms with E-state index in [1.54, 1.807) is 0 Å². The average molecular weight is 432 g/mol. The van der Waals surface area contributed by atoms with Gasteiger partial charge in [-0.15, -0.1) is 0 Å². The summed E-state index contributed by atoms with van der Waals surface area (Å²) in [6.07, 6.45) is 4.50. The summed E-state index contributed by atoms with van der Waals surface area (Å²) in [7, 11) is 0. The molecule has 6 heteroatoms. The van der Waals surface area contributed by atoms with Crippen LogP contribution in [0.2, 0.25) is 0 Å². The number of carboxylic acids is 1. The van der Waals surface area contributed by atoms with Gasteiger partial charge in [0.2, 0.25) is 0 Å². The molecule has 3 fully saturated rings. The zero-order valence-corrected chi connectivity index (χ0v) is 18.2. The maximum Gasteiger partial charge on any atom is 0.306 e. The van der Waals surface area contributed by atoms with E-state index in [1.807, 2.05) is 18.3 Å². The van der Waals surface area contributed by atoms with Crippen LogP contribution in [0.5, 0.6) is 0 Å². The molecule has 0 amide bonds. The van der Waals surface area contributed by atoms with Crippen LogP contribution in [0.4, 0.5) is 4.39 Å². The highest BCUT2D eigenvalue weighted by atomic mass is 19.1. The van der Waals surface area contributed by atoms with Crippen molar-refractivity contribution >= 4 is 27.8 Å². The number of rotatable bonds is 4. The number of aromatic amines is 1. The first-order valence-corrected chi connectivity index (χ1v) is 11.4. The lowest BCUT2D eigenvalue weighted by molar-refractivity contribution is -0.150. The van der Waals surface area contributed by atoms with Gasteiger partial charge in [0.25, 0.3) is 0 Å². The molecule has 2 atom stereocenters. The minimum atomic E-state index is -0.664. The first kappa shape index (κ1) is 19.5. The highest BCUT2D eigenvalue weighted by Gasteiger charge is 2.50. The van der Waals surface area contributed by atoms with Crippen LogP contribution in [-0.2, 0) is 4.79 Å². The molecular formula is C26H26FN3O2. The van der Waals surface area contributed by atoms with Gasteiger partial charge >= 0.3 is 5.97 Å². The van der Waals surface area contributed by atoms with Crippen LogP contribution >= 0.6 is 0 Å². The maximum atomic E-state index is 13.7. The Morgan fingerprint density at radius 1 is 1.16 bits per heavy atom. The Balaban J connectivity index is 1.66. The molecule has 3 aliphatic rings. The Morgan fingerprint density at radius 2 is 1.91 bits per heavy atom. The largest absolute Gasteiger partial charge is 0.481 e. The van der Waals surface area contributed by atoms with E-state index >= 15 is 0 Å². The molecule has 2 bridgehead atoms. The fourth-order valence-electron chi connectivity index (χ4n) is 6.28. The van der Waals surface area contributed by atoms with Gasteiger partial charge in [-0.3, -0.25) is 9.89 Å². The predicted molar refractivity (Wildman–Crippen MR) is 122 cm³/mol. The molecule has 164 valence electrons. The summed E-state index contributed by atoms with van der Waals surface area (Å²) in [4.78, 5) is 12.0. The highest BCUT2D eigenvalue weighted by Crippen LogP contribution is 2.58. The molecule has 0 spiro atoms. The quantitative estimate of drug-likeness (QED) is 0.417. The average Bonchev–Trinajstić information content (AvgIpc) is 3.33. The number of carbonyl (C=O) groups is 1. The smallest absolute Gasteiger partial charge is 0.306 e. The third-order valence-corrected chi connectivity index (χ3v) is 7.78. The van der Waals surface area contributed by atoms with Gasteiger partial charge in [0.15, 0.2) is 0 Å². The molecule has 5 nitrogen and oxygen atoms in total. The topological polar surface area (TPSA) is 70.9 Å². The van der Waals surface area contributed by atoms with E-state index in [1.165, 1.54) is 23.4 Å². The van der Waals surface area contributed by atoms with Crippen LogP contribution in [0.15, 0.2) is 42.6 Å². The maximum absolute atomic E-state index is 13.7.